The third-order valence-corrected chi connectivity index (χ3v) is 1.13. The first kappa shape index (κ1) is 20.0. The maximum atomic E-state index is 10.8. The van der Waals surface area contributed by atoms with Crippen molar-refractivity contribution in [2.45, 2.75) is 33.1 Å². The Labute approximate surface area is 121 Å². The number of carbonyl (C=O) groups excluding carboxylic acids is 3. The average molecular weight is 355 g/mol. The Bertz CT molecular complexity index is 204. The molecule has 0 aliphatic heterocycles. The van der Waals surface area contributed by atoms with Gasteiger partial charge in [0.05, 0.1) is 0 Å². The van der Waals surface area contributed by atoms with E-state index in [1.807, 2.05) is 6.92 Å². The van der Waals surface area contributed by atoms with Crippen LogP contribution in [0.3, 0.4) is 0 Å². The minimum atomic E-state index is -0.763. The largest absolute Gasteiger partial charge is 0.393 e. The van der Waals surface area contributed by atoms with E-state index >= 15 is 0 Å². The standard InChI is InChI=1S/C8H12O4.2Zr/c1-3-4-7(10)5-8(11)12-6(2)9;;/h3-5H2,1-2H3;;. The van der Waals surface area contributed by atoms with Crippen molar-refractivity contribution in [3.05, 3.63) is 0 Å². The number of hydrogen-bond donors (Lipinski definition) is 0. The van der Waals surface area contributed by atoms with Gasteiger partial charge >= 0.3 is 11.9 Å². The summed E-state index contributed by atoms with van der Waals surface area (Å²) in [7, 11) is 0. The molecule has 76 valence electrons. The Balaban J connectivity index is -0.000000605. The van der Waals surface area contributed by atoms with Crippen molar-refractivity contribution < 1.29 is 71.5 Å². The fourth-order valence-corrected chi connectivity index (χ4v) is 0.725. The van der Waals surface area contributed by atoms with Crippen LogP contribution in [-0.2, 0) is 71.5 Å². The Hall–Kier alpha value is 0.576. The normalized spacial score (nSPS) is 7.86. The van der Waals surface area contributed by atoms with Crippen molar-refractivity contribution in [1.82, 2.24) is 0 Å². The molecule has 0 aliphatic rings. The monoisotopic (exact) mass is 352 g/mol. The summed E-state index contributed by atoms with van der Waals surface area (Å²) in [6.45, 7) is 2.97. The van der Waals surface area contributed by atoms with Crippen LogP contribution in [0.2, 0.25) is 0 Å². The summed E-state index contributed by atoms with van der Waals surface area (Å²) in [5.74, 6) is -1.63. The smallest absolute Gasteiger partial charge is 0.320 e. The summed E-state index contributed by atoms with van der Waals surface area (Å²) in [6, 6.07) is 0. The summed E-state index contributed by atoms with van der Waals surface area (Å²) < 4.78 is 4.17. The van der Waals surface area contributed by atoms with Gasteiger partial charge in [0.15, 0.2) is 0 Å². The second-order valence-electron chi connectivity index (χ2n) is 2.43. The zero-order valence-corrected chi connectivity index (χ0v) is 13.2. The van der Waals surface area contributed by atoms with Crippen LogP contribution in [0.1, 0.15) is 33.1 Å². The SMILES string of the molecule is CCCC(=O)CC(=O)OC(C)=O.[Zr].[Zr]. The molecule has 0 aromatic rings. The van der Waals surface area contributed by atoms with E-state index in [1.54, 1.807) is 0 Å². The summed E-state index contributed by atoms with van der Waals surface area (Å²) in [6.07, 6.45) is 0.757. The molecule has 0 bridgehead atoms. The van der Waals surface area contributed by atoms with E-state index in [2.05, 4.69) is 4.74 Å². The molecule has 0 aliphatic carbocycles. The molecule has 0 N–H and O–H groups in total. The molecule has 0 aromatic carbocycles. The molecule has 0 radical (unpaired) electrons. The van der Waals surface area contributed by atoms with E-state index in [9.17, 15) is 14.4 Å². The number of esters is 2. The molecule has 0 rings (SSSR count). The first-order chi connectivity index (χ1) is 5.56. The third kappa shape index (κ3) is 12.6. The van der Waals surface area contributed by atoms with Gasteiger partial charge in [0.25, 0.3) is 0 Å². The molecular formula is C8H12O4Zr2. The van der Waals surface area contributed by atoms with Crippen molar-refractivity contribution in [3.8, 4) is 0 Å². The number of hydrogen-bond acceptors (Lipinski definition) is 4. The zero-order valence-electron chi connectivity index (χ0n) is 8.25. The second kappa shape index (κ2) is 11.6. The van der Waals surface area contributed by atoms with E-state index in [1.165, 1.54) is 0 Å². The molecule has 0 saturated heterocycles. The summed E-state index contributed by atoms with van der Waals surface area (Å²) in [5, 5.41) is 0. The van der Waals surface area contributed by atoms with Gasteiger partial charge in [-0.05, 0) is 6.42 Å². The average Bonchev–Trinajstić information content (AvgIpc) is 1.84. The number of carbonyl (C=O) groups is 3. The van der Waals surface area contributed by atoms with Crippen LogP contribution < -0.4 is 0 Å². The summed E-state index contributed by atoms with van der Waals surface area (Å²) in [5.41, 5.74) is 0. The van der Waals surface area contributed by atoms with Gasteiger partial charge in [0.1, 0.15) is 12.2 Å². The number of ketones is 1. The Morgan fingerprint density at radius 2 is 1.64 bits per heavy atom. The van der Waals surface area contributed by atoms with E-state index in [4.69, 9.17) is 0 Å². The topological polar surface area (TPSA) is 60.4 Å². The van der Waals surface area contributed by atoms with Gasteiger partial charge in [-0.15, -0.1) is 0 Å². The molecule has 0 saturated carbocycles. The van der Waals surface area contributed by atoms with Gasteiger partial charge in [0.2, 0.25) is 0 Å². The summed E-state index contributed by atoms with van der Waals surface area (Å²) in [4.78, 5) is 31.7. The van der Waals surface area contributed by atoms with Crippen LogP contribution in [0.4, 0.5) is 0 Å². The molecule has 0 unspecified atom stereocenters. The van der Waals surface area contributed by atoms with E-state index in [0.717, 1.165) is 6.92 Å². The first-order valence-electron chi connectivity index (χ1n) is 3.79. The van der Waals surface area contributed by atoms with Crippen molar-refractivity contribution in [2.24, 2.45) is 0 Å². The maximum absolute atomic E-state index is 10.8. The minimum Gasteiger partial charge on any atom is -0.393 e. The molecule has 6 heteroatoms. The predicted octanol–water partition coefficient (Wildman–Crippen LogP) is 0.830. The molecule has 0 aromatic heterocycles. The van der Waals surface area contributed by atoms with Crippen LogP contribution >= 0.6 is 0 Å². The number of ether oxygens (including phenoxy) is 1. The molecule has 0 atom stereocenters. The predicted molar refractivity (Wildman–Crippen MR) is 41.3 cm³/mol. The van der Waals surface area contributed by atoms with Crippen molar-refractivity contribution in [3.63, 3.8) is 0 Å². The van der Waals surface area contributed by atoms with Gasteiger partial charge < -0.3 is 4.74 Å². The first-order valence-corrected chi connectivity index (χ1v) is 3.79. The van der Waals surface area contributed by atoms with E-state index in [0.29, 0.717) is 12.8 Å². The molecule has 0 fully saturated rings. The fraction of sp³-hybridized carbons (Fsp3) is 0.625. The van der Waals surface area contributed by atoms with E-state index < -0.39 is 11.9 Å². The Morgan fingerprint density at radius 3 is 2.00 bits per heavy atom. The number of rotatable bonds is 4. The Kier molecular flexibility index (Phi) is 16.7. The van der Waals surface area contributed by atoms with Crippen LogP contribution in [0, 0.1) is 0 Å². The van der Waals surface area contributed by atoms with Crippen LogP contribution in [-0.4, -0.2) is 17.7 Å². The van der Waals surface area contributed by atoms with Crippen molar-refractivity contribution in [1.29, 1.82) is 0 Å². The van der Waals surface area contributed by atoms with Crippen LogP contribution in [0.25, 0.3) is 0 Å². The third-order valence-electron chi connectivity index (χ3n) is 1.13. The van der Waals surface area contributed by atoms with Gasteiger partial charge in [-0.25, -0.2) is 0 Å². The van der Waals surface area contributed by atoms with Gasteiger partial charge in [-0.2, -0.15) is 0 Å². The Morgan fingerprint density at radius 1 is 1.14 bits per heavy atom. The molecule has 14 heavy (non-hydrogen) atoms. The quantitative estimate of drug-likeness (QED) is 0.554. The van der Waals surface area contributed by atoms with Crippen LogP contribution in [0.15, 0.2) is 0 Å². The second-order valence-corrected chi connectivity index (χ2v) is 2.43. The van der Waals surface area contributed by atoms with Crippen molar-refractivity contribution >= 4 is 17.7 Å². The molecule has 0 amide bonds. The maximum Gasteiger partial charge on any atom is 0.320 e. The fourth-order valence-electron chi connectivity index (χ4n) is 0.725. The van der Waals surface area contributed by atoms with Gasteiger partial charge in [-0.1, -0.05) is 6.92 Å². The summed E-state index contributed by atoms with van der Waals surface area (Å²) >= 11 is 0. The van der Waals surface area contributed by atoms with Crippen molar-refractivity contribution in [2.75, 3.05) is 0 Å². The minimum absolute atomic E-state index is 0. The van der Waals surface area contributed by atoms with E-state index in [-0.39, 0.29) is 64.6 Å². The van der Waals surface area contributed by atoms with Gasteiger partial charge in [-0.3, -0.25) is 14.4 Å². The van der Waals surface area contributed by atoms with Crippen LogP contribution in [0.5, 0.6) is 0 Å². The number of Topliss-reactive ketones (excluding diaryl/α,β-unsaturated/α-hetero) is 1. The molecule has 4 nitrogen and oxygen atoms in total. The molecular weight excluding hydrogens is 343 g/mol. The molecule has 0 heterocycles. The molecule has 0 spiro atoms. The van der Waals surface area contributed by atoms with Gasteiger partial charge in [0, 0.05) is 65.8 Å². The zero-order chi connectivity index (χ0) is 9.56.